The molecule has 23 heavy (non-hydrogen) atoms. The Morgan fingerprint density at radius 2 is 1.87 bits per heavy atom. The number of anilines is 1. The smallest absolute Gasteiger partial charge is 0.237 e. The van der Waals surface area contributed by atoms with Gasteiger partial charge in [0.25, 0.3) is 0 Å². The first-order valence-electron chi connectivity index (χ1n) is 7.62. The van der Waals surface area contributed by atoms with Crippen LogP contribution >= 0.6 is 11.8 Å². The molecule has 4 heteroatoms. The lowest BCUT2D eigenvalue weighted by Gasteiger charge is -2.13. The van der Waals surface area contributed by atoms with Gasteiger partial charge >= 0.3 is 0 Å². The van der Waals surface area contributed by atoms with Gasteiger partial charge in [-0.2, -0.15) is 0 Å². The van der Waals surface area contributed by atoms with Crippen molar-refractivity contribution in [3.8, 4) is 5.75 Å². The van der Waals surface area contributed by atoms with Crippen LogP contribution in [0.1, 0.15) is 23.6 Å². The molecule has 1 amide bonds. The van der Waals surface area contributed by atoms with E-state index in [-0.39, 0.29) is 11.2 Å². The van der Waals surface area contributed by atoms with Gasteiger partial charge < -0.3 is 10.1 Å². The van der Waals surface area contributed by atoms with Crippen molar-refractivity contribution in [2.45, 2.75) is 31.8 Å². The van der Waals surface area contributed by atoms with E-state index in [1.165, 1.54) is 16.7 Å². The summed E-state index contributed by atoms with van der Waals surface area (Å²) in [5.74, 6) is 1.64. The number of hydrogen-bond donors (Lipinski definition) is 1. The van der Waals surface area contributed by atoms with Gasteiger partial charge in [-0.15, -0.1) is 11.8 Å². The van der Waals surface area contributed by atoms with Crippen molar-refractivity contribution < 1.29 is 9.53 Å². The number of amides is 1. The Kier molecular flexibility index (Phi) is 6.11. The molecule has 1 unspecified atom stereocenters. The Hall–Kier alpha value is -1.94. The van der Waals surface area contributed by atoms with Gasteiger partial charge in [-0.25, -0.2) is 0 Å². The monoisotopic (exact) mass is 329 g/mol. The number of carbonyl (C=O) groups excluding carboxylic acids is 1. The summed E-state index contributed by atoms with van der Waals surface area (Å²) in [5, 5.41) is 2.83. The van der Waals surface area contributed by atoms with E-state index >= 15 is 0 Å². The molecule has 122 valence electrons. The molecule has 0 aliphatic carbocycles. The van der Waals surface area contributed by atoms with Crippen molar-refractivity contribution in [1.82, 2.24) is 0 Å². The molecule has 0 spiro atoms. The van der Waals surface area contributed by atoms with Crippen molar-refractivity contribution in [2.75, 3.05) is 12.4 Å². The first-order valence-corrected chi connectivity index (χ1v) is 8.67. The Balaban J connectivity index is 1.90. The summed E-state index contributed by atoms with van der Waals surface area (Å²) in [7, 11) is 1.62. The molecule has 2 aromatic rings. The van der Waals surface area contributed by atoms with Gasteiger partial charge in [0.1, 0.15) is 5.75 Å². The number of nitrogens with one attached hydrogen (secondary N) is 1. The molecule has 0 aromatic heterocycles. The van der Waals surface area contributed by atoms with E-state index in [0.717, 1.165) is 17.2 Å². The van der Waals surface area contributed by atoms with Crippen LogP contribution in [-0.4, -0.2) is 18.3 Å². The molecule has 0 saturated heterocycles. The Morgan fingerprint density at radius 3 is 2.52 bits per heavy atom. The van der Waals surface area contributed by atoms with Crippen LogP contribution in [0.5, 0.6) is 5.75 Å². The standard InChI is InChI=1S/C19H23NO2S/c1-13-5-6-14(2)16(11-13)12-23-15(3)19(21)20-17-7-9-18(22-4)10-8-17/h5-11,15H,12H2,1-4H3,(H,20,21). The van der Waals surface area contributed by atoms with E-state index in [1.807, 2.05) is 31.2 Å². The van der Waals surface area contributed by atoms with Gasteiger partial charge in [0.2, 0.25) is 5.91 Å². The predicted octanol–water partition coefficient (Wildman–Crippen LogP) is 4.57. The zero-order valence-corrected chi connectivity index (χ0v) is 14.9. The van der Waals surface area contributed by atoms with Crippen molar-refractivity contribution in [3.63, 3.8) is 0 Å². The molecule has 2 aromatic carbocycles. The summed E-state index contributed by atoms with van der Waals surface area (Å²) in [6.45, 7) is 6.14. The highest BCUT2D eigenvalue weighted by molar-refractivity contribution is 7.99. The molecule has 0 aliphatic heterocycles. The van der Waals surface area contributed by atoms with Crippen LogP contribution < -0.4 is 10.1 Å². The lowest BCUT2D eigenvalue weighted by Crippen LogP contribution is -2.22. The number of ether oxygens (including phenoxy) is 1. The fraction of sp³-hybridized carbons (Fsp3) is 0.316. The van der Waals surface area contributed by atoms with Crippen LogP contribution in [0, 0.1) is 13.8 Å². The maximum absolute atomic E-state index is 12.3. The normalized spacial score (nSPS) is 11.8. The number of hydrogen-bond acceptors (Lipinski definition) is 3. The van der Waals surface area contributed by atoms with Gasteiger partial charge in [0.15, 0.2) is 0 Å². The van der Waals surface area contributed by atoms with E-state index in [1.54, 1.807) is 18.9 Å². The number of benzene rings is 2. The first kappa shape index (κ1) is 17.4. The number of rotatable bonds is 6. The SMILES string of the molecule is COc1ccc(NC(=O)C(C)SCc2cc(C)ccc2C)cc1. The fourth-order valence-corrected chi connectivity index (χ4v) is 3.12. The highest BCUT2D eigenvalue weighted by atomic mass is 32.2. The van der Waals surface area contributed by atoms with Gasteiger partial charge in [-0.1, -0.05) is 23.8 Å². The fourth-order valence-electron chi connectivity index (χ4n) is 2.16. The summed E-state index contributed by atoms with van der Waals surface area (Å²) in [5.41, 5.74) is 4.60. The molecule has 2 rings (SSSR count). The quantitative estimate of drug-likeness (QED) is 0.843. The van der Waals surface area contributed by atoms with Crippen LogP contribution in [0.2, 0.25) is 0 Å². The second-order valence-electron chi connectivity index (χ2n) is 5.60. The minimum atomic E-state index is -0.114. The molecule has 0 radical (unpaired) electrons. The van der Waals surface area contributed by atoms with E-state index in [0.29, 0.717) is 0 Å². The molecule has 3 nitrogen and oxygen atoms in total. The average molecular weight is 329 g/mol. The zero-order chi connectivity index (χ0) is 16.8. The highest BCUT2D eigenvalue weighted by Crippen LogP contribution is 2.23. The topological polar surface area (TPSA) is 38.3 Å². The summed E-state index contributed by atoms with van der Waals surface area (Å²) < 4.78 is 5.11. The van der Waals surface area contributed by atoms with Gasteiger partial charge in [-0.05, 0) is 56.2 Å². The lowest BCUT2D eigenvalue weighted by molar-refractivity contribution is -0.115. The zero-order valence-electron chi connectivity index (χ0n) is 14.1. The maximum Gasteiger partial charge on any atom is 0.237 e. The number of aryl methyl sites for hydroxylation is 2. The number of thioether (sulfide) groups is 1. The molecule has 0 bridgehead atoms. The molecule has 0 fully saturated rings. The van der Waals surface area contributed by atoms with Crippen LogP contribution in [-0.2, 0) is 10.5 Å². The summed E-state index contributed by atoms with van der Waals surface area (Å²) in [4.78, 5) is 12.3. The summed E-state index contributed by atoms with van der Waals surface area (Å²) >= 11 is 1.65. The average Bonchev–Trinajstić information content (AvgIpc) is 2.56. The second-order valence-corrected chi connectivity index (χ2v) is 6.93. The molecule has 1 N–H and O–H groups in total. The first-order chi connectivity index (χ1) is 11.0. The van der Waals surface area contributed by atoms with E-state index in [4.69, 9.17) is 4.74 Å². The minimum Gasteiger partial charge on any atom is -0.497 e. The third kappa shape index (κ3) is 5.03. The predicted molar refractivity (Wildman–Crippen MR) is 98.3 cm³/mol. The van der Waals surface area contributed by atoms with Gasteiger partial charge in [0, 0.05) is 11.4 Å². The van der Waals surface area contributed by atoms with E-state index in [9.17, 15) is 4.79 Å². The molecule has 1 atom stereocenters. The lowest BCUT2D eigenvalue weighted by atomic mass is 10.1. The number of methoxy groups -OCH3 is 1. The van der Waals surface area contributed by atoms with Crippen molar-refractivity contribution in [1.29, 1.82) is 0 Å². The molecular formula is C19H23NO2S. The molecule has 0 saturated carbocycles. The van der Waals surface area contributed by atoms with Gasteiger partial charge in [0.05, 0.1) is 12.4 Å². The van der Waals surface area contributed by atoms with Crippen molar-refractivity contribution in [2.24, 2.45) is 0 Å². The summed E-state index contributed by atoms with van der Waals surface area (Å²) in [6, 6.07) is 13.8. The molecule has 0 aliphatic rings. The summed E-state index contributed by atoms with van der Waals surface area (Å²) in [6.07, 6.45) is 0. The molecular weight excluding hydrogens is 306 g/mol. The van der Waals surface area contributed by atoms with Crippen LogP contribution in [0.3, 0.4) is 0 Å². The third-order valence-electron chi connectivity index (χ3n) is 3.72. The van der Waals surface area contributed by atoms with Crippen molar-refractivity contribution in [3.05, 3.63) is 59.2 Å². The Bertz CT molecular complexity index is 668. The Labute approximate surface area is 142 Å². The molecule has 0 heterocycles. The Morgan fingerprint density at radius 1 is 1.17 bits per heavy atom. The van der Waals surface area contributed by atoms with Crippen LogP contribution in [0.4, 0.5) is 5.69 Å². The maximum atomic E-state index is 12.3. The van der Waals surface area contributed by atoms with E-state index in [2.05, 4.69) is 37.4 Å². The van der Waals surface area contributed by atoms with Gasteiger partial charge in [-0.3, -0.25) is 4.79 Å². The second kappa shape index (κ2) is 8.06. The number of carbonyl (C=O) groups is 1. The highest BCUT2D eigenvalue weighted by Gasteiger charge is 2.14. The largest absolute Gasteiger partial charge is 0.497 e. The van der Waals surface area contributed by atoms with E-state index < -0.39 is 0 Å². The minimum absolute atomic E-state index is 0.0190. The van der Waals surface area contributed by atoms with Crippen molar-refractivity contribution >= 4 is 23.4 Å². The van der Waals surface area contributed by atoms with Crippen LogP contribution in [0.25, 0.3) is 0 Å². The third-order valence-corrected chi connectivity index (χ3v) is 4.91. The van der Waals surface area contributed by atoms with Crippen LogP contribution in [0.15, 0.2) is 42.5 Å².